The molecule has 2 aromatic carbocycles. The summed E-state index contributed by atoms with van der Waals surface area (Å²) in [5.74, 6) is 0.876. The van der Waals surface area contributed by atoms with Crippen molar-refractivity contribution >= 4 is 34.8 Å². The number of urea groups is 1. The van der Waals surface area contributed by atoms with Crippen LogP contribution in [0.3, 0.4) is 0 Å². The molecule has 0 saturated heterocycles. The molecule has 0 aliphatic carbocycles. The average Bonchev–Trinajstić information content (AvgIpc) is 2.64. The van der Waals surface area contributed by atoms with E-state index >= 15 is 0 Å². The fourth-order valence-corrected chi connectivity index (χ4v) is 2.54. The fourth-order valence-electron chi connectivity index (χ4n) is 2.42. The van der Waals surface area contributed by atoms with Gasteiger partial charge in [-0.15, -0.1) is 0 Å². The maximum Gasteiger partial charge on any atom is 0.323 e. The van der Waals surface area contributed by atoms with Crippen LogP contribution in [0.2, 0.25) is 5.02 Å². The van der Waals surface area contributed by atoms with Crippen molar-refractivity contribution < 1.29 is 4.79 Å². The minimum absolute atomic E-state index is 0.320. The van der Waals surface area contributed by atoms with Crippen LogP contribution >= 0.6 is 11.6 Å². The van der Waals surface area contributed by atoms with E-state index < -0.39 is 0 Å². The van der Waals surface area contributed by atoms with Gasteiger partial charge in [-0.2, -0.15) is 0 Å². The largest absolute Gasteiger partial charge is 0.363 e. The lowest BCUT2D eigenvalue weighted by Crippen LogP contribution is -2.19. The van der Waals surface area contributed by atoms with Crippen LogP contribution in [0.15, 0.2) is 66.7 Å². The number of pyridine rings is 1. The predicted octanol–water partition coefficient (Wildman–Crippen LogP) is 5.11. The average molecular weight is 367 g/mol. The van der Waals surface area contributed by atoms with Crippen LogP contribution in [0.25, 0.3) is 11.3 Å². The molecule has 0 aliphatic heterocycles. The number of hydrogen-bond acceptors (Lipinski definition) is 3. The second kappa shape index (κ2) is 7.89. The van der Waals surface area contributed by atoms with E-state index in [0.717, 1.165) is 17.1 Å². The SMILES string of the molecule is CN(C)c1cccc(-c2cccc(NC(=O)Nc3ccc(Cl)cc3)c2)n1. The summed E-state index contributed by atoms with van der Waals surface area (Å²) in [5.41, 5.74) is 3.13. The van der Waals surface area contributed by atoms with Crippen molar-refractivity contribution in [1.29, 1.82) is 0 Å². The van der Waals surface area contributed by atoms with Gasteiger partial charge in [-0.25, -0.2) is 9.78 Å². The fraction of sp³-hybridized carbons (Fsp3) is 0.100. The number of nitrogens with one attached hydrogen (secondary N) is 2. The summed E-state index contributed by atoms with van der Waals surface area (Å²) in [7, 11) is 3.90. The summed E-state index contributed by atoms with van der Waals surface area (Å²) in [6.07, 6.45) is 0. The van der Waals surface area contributed by atoms with Gasteiger partial charge < -0.3 is 15.5 Å². The minimum atomic E-state index is -0.320. The Labute approximate surface area is 157 Å². The van der Waals surface area contributed by atoms with Crippen molar-refractivity contribution in [3.63, 3.8) is 0 Å². The second-order valence-electron chi connectivity index (χ2n) is 5.94. The highest BCUT2D eigenvalue weighted by atomic mass is 35.5. The molecule has 1 aromatic heterocycles. The zero-order valence-corrected chi connectivity index (χ0v) is 15.3. The highest BCUT2D eigenvalue weighted by Gasteiger charge is 2.06. The Balaban J connectivity index is 1.74. The molecule has 0 saturated carbocycles. The first-order chi connectivity index (χ1) is 12.5. The molecule has 0 radical (unpaired) electrons. The maximum absolute atomic E-state index is 12.2. The first-order valence-electron chi connectivity index (χ1n) is 8.10. The number of halogens is 1. The predicted molar refractivity (Wildman–Crippen MR) is 108 cm³/mol. The first kappa shape index (κ1) is 17.8. The summed E-state index contributed by atoms with van der Waals surface area (Å²) in [5, 5.41) is 6.22. The van der Waals surface area contributed by atoms with E-state index in [9.17, 15) is 4.79 Å². The number of nitrogens with zero attached hydrogens (tertiary/aromatic N) is 2. The molecule has 0 fully saturated rings. The van der Waals surface area contributed by atoms with Crippen molar-refractivity contribution in [2.45, 2.75) is 0 Å². The Morgan fingerprint density at radius 1 is 0.923 bits per heavy atom. The zero-order valence-electron chi connectivity index (χ0n) is 14.5. The molecule has 6 heteroatoms. The van der Waals surface area contributed by atoms with Crippen LogP contribution in [-0.2, 0) is 0 Å². The molecule has 132 valence electrons. The molecule has 0 atom stereocenters. The van der Waals surface area contributed by atoms with Gasteiger partial charge in [0.2, 0.25) is 0 Å². The summed E-state index contributed by atoms with van der Waals surface area (Å²) >= 11 is 5.85. The van der Waals surface area contributed by atoms with E-state index in [-0.39, 0.29) is 6.03 Å². The van der Waals surface area contributed by atoms with E-state index in [1.165, 1.54) is 0 Å². The third-order valence-electron chi connectivity index (χ3n) is 3.71. The zero-order chi connectivity index (χ0) is 18.5. The Kier molecular flexibility index (Phi) is 5.39. The standard InChI is InChI=1S/C20H19ClN4O/c1-25(2)19-8-4-7-18(24-19)14-5-3-6-17(13-14)23-20(26)22-16-11-9-15(21)10-12-16/h3-13H,1-2H3,(H2,22,23,26). The molecular formula is C20H19ClN4O. The van der Waals surface area contributed by atoms with E-state index in [1.807, 2.05) is 61.5 Å². The molecule has 1 heterocycles. The van der Waals surface area contributed by atoms with Crippen molar-refractivity contribution in [2.75, 3.05) is 29.6 Å². The van der Waals surface area contributed by atoms with E-state index in [1.54, 1.807) is 24.3 Å². The molecule has 2 amide bonds. The number of carbonyl (C=O) groups is 1. The van der Waals surface area contributed by atoms with Crippen LogP contribution in [0.5, 0.6) is 0 Å². The van der Waals surface area contributed by atoms with E-state index in [0.29, 0.717) is 16.4 Å². The maximum atomic E-state index is 12.2. The van der Waals surface area contributed by atoms with Crippen molar-refractivity contribution in [1.82, 2.24) is 4.98 Å². The number of carbonyl (C=O) groups excluding carboxylic acids is 1. The summed E-state index contributed by atoms with van der Waals surface area (Å²) in [6.45, 7) is 0. The molecule has 2 N–H and O–H groups in total. The van der Waals surface area contributed by atoms with Crippen molar-refractivity contribution in [2.24, 2.45) is 0 Å². The Morgan fingerprint density at radius 2 is 1.62 bits per heavy atom. The van der Waals surface area contributed by atoms with Crippen molar-refractivity contribution in [3.8, 4) is 11.3 Å². The number of rotatable bonds is 4. The second-order valence-corrected chi connectivity index (χ2v) is 6.38. The van der Waals surface area contributed by atoms with Gasteiger partial charge in [0, 0.05) is 36.1 Å². The van der Waals surface area contributed by atoms with Gasteiger partial charge in [0.15, 0.2) is 0 Å². The monoisotopic (exact) mass is 366 g/mol. The topological polar surface area (TPSA) is 57.3 Å². The van der Waals surface area contributed by atoms with Gasteiger partial charge in [0.1, 0.15) is 5.82 Å². The third-order valence-corrected chi connectivity index (χ3v) is 3.96. The summed E-state index contributed by atoms with van der Waals surface area (Å²) in [6, 6.07) is 20.0. The molecule has 5 nitrogen and oxygen atoms in total. The highest BCUT2D eigenvalue weighted by molar-refractivity contribution is 6.30. The van der Waals surface area contributed by atoms with Crippen LogP contribution in [0, 0.1) is 0 Å². The molecular weight excluding hydrogens is 348 g/mol. The number of aromatic nitrogens is 1. The van der Waals surface area contributed by atoms with Crippen molar-refractivity contribution in [3.05, 3.63) is 71.8 Å². The number of anilines is 3. The minimum Gasteiger partial charge on any atom is -0.363 e. The lowest BCUT2D eigenvalue weighted by Gasteiger charge is -2.13. The smallest absolute Gasteiger partial charge is 0.323 e. The molecule has 0 unspecified atom stereocenters. The van der Waals surface area contributed by atoms with Crippen LogP contribution in [-0.4, -0.2) is 25.1 Å². The molecule has 0 bridgehead atoms. The molecule has 26 heavy (non-hydrogen) atoms. The molecule has 3 rings (SSSR count). The van der Waals surface area contributed by atoms with E-state index in [4.69, 9.17) is 11.6 Å². The summed E-state index contributed by atoms with van der Waals surface area (Å²) in [4.78, 5) is 18.8. The molecule has 3 aromatic rings. The number of hydrogen-bond donors (Lipinski definition) is 2. The van der Waals surface area contributed by atoms with Crippen LogP contribution < -0.4 is 15.5 Å². The normalized spacial score (nSPS) is 10.3. The molecule has 0 spiro atoms. The van der Waals surface area contributed by atoms with Gasteiger partial charge in [-0.05, 0) is 48.5 Å². The first-order valence-corrected chi connectivity index (χ1v) is 8.47. The number of benzene rings is 2. The quantitative estimate of drug-likeness (QED) is 0.674. The lowest BCUT2D eigenvalue weighted by molar-refractivity contribution is 0.262. The van der Waals surface area contributed by atoms with Crippen LogP contribution in [0.4, 0.5) is 22.0 Å². The van der Waals surface area contributed by atoms with Gasteiger partial charge in [-0.3, -0.25) is 0 Å². The molecule has 0 aliphatic rings. The number of amides is 2. The summed E-state index contributed by atoms with van der Waals surface area (Å²) < 4.78 is 0. The Morgan fingerprint density at radius 3 is 2.35 bits per heavy atom. The highest BCUT2D eigenvalue weighted by Crippen LogP contribution is 2.23. The Hall–Kier alpha value is -3.05. The Bertz CT molecular complexity index is 910. The third kappa shape index (κ3) is 4.52. The van der Waals surface area contributed by atoms with Gasteiger partial charge in [0.25, 0.3) is 0 Å². The van der Waals surface area contributed by atoms with E-state index in [2.05, 4.69) is 15.6 Å². The lowest BCUT2D eigenvalue weighted by atomic mass is 10.1. The van der Waals surface area contributed by atoms with Gasteiger partial charge in [0.05, 0.1) is 5.69 Å². The van der Waals surface area contributed by atoms with Gasteiger partial charge >= 0.3 is 6.03 Å². The van der Waals surface area contributed by atoms with Crippen LogP contribution in [0.1, 0.15) is 0 Å². The van der Waals surface area contributed by atoms with Gasteiger partial charge in [-0.1, -0.05) is 29.8 Å².